The first kappa shape index (κ1) is 13.3. The highest BCUT2D eigenvalue weighted by Gasteiger charge is 2.02. The van der Waals surface area contributed by atoms with Crippen LogP contribution in [0.1, 0.15) is 16.7 Å². The molecule has 0 fully saturated rings. The van der Waals surface area contributed by atoms with Crippen molar-refractivity contribution >= 4 is 32.0 Å². The summed E-state index contributed by atoms with van der Waals surface area (Å²) in [4.78, 5) is 4.76. The maximum atomic E-state index is 4.76. The maximum Gasteiger partial charge on any atom is 0.0834 e. The molecule has 0 saturated carbocycles. The zero-order valence-corrected chi connectivity index (χ0v) is 12.8. The molecule has 2 heteroatoms. The highest BCUT2D eigenvalue weighted by Crippen LogP contribution is 2.24. The average Bonchev–Trinajstić information content (AvgIpc) is 2.35. The predicted molar refractivity (Wildman–Crippen MR) is 87.2 cm³/mol. The van der Waals surface area contributed by atoms with Crippen LogP contribution in [0.4, 0.5) is 5.69 Å². The molecular formula is C16H16IN. The number of aliphatic imine (C=N–C) groups is 1. The molecule has 0 aliphatic heterocycles. The molecule has 0 aromatic heterocycles. The van der Waals surface area contributed by atoms with E-state index < -0.39 is 0 Å². The first-order valence-electron chi connectivity index (χ1n) is 6.00. The number of hydrogen-bond acceptors (Lipinski definition) is 1. The molecule has 2 aromatic rings. The van der Waals surface area contributed by atoms with Crippen LogP contribution >= 0.6 is 22.6 Å². The van der Waals surface area contributed by atoms with Crippen LogP contribution in [-0.2, 0) is 6.42 Å². The number of para-hydroxylation sites is 1. The Balaban J connectivity index is 2.23. The van der Waals surface area contributed by atoms with Crippen LogP contribution in [0.25, 0.3) is 0 Å². The molecule has 18 heavy (non-hydrogen) atoms. The van der Waals surface area contributed by atoms with E-state index in [1.54, 1.807) is 0 Å². The summed E-state index contributed by atoms with van der Waals surface area (Å²) in [6.07, 6.45) is 0.898. The lowest BCUT2D eigenvalue weighted by molar-refractivity contribution is 1.30. The van der Waals surface area contributed by atoms with E-state index in [0.29, 0.717) is 0 Å². The van der Waals surface area contributed by atoms with Crippen molar-refractivity contribution in [3.8, 4) is 0 Å². The number of aryl methyl sites for hydroxylation is 2. The molecule has 2 aromatic carbocycles. The van der Waals surface area contributed by atoms with Crippen LogP contribution in [0, 0.1) is 13.8 Å². The van der Waals surface area contributed by atoms with Gasteiger partial charge >= 0.3 is 0 Å². The minimum Gasteiger partial charge on any atom is -0.246 e. The third kappa shape index (κ3) is 3.42. The third-order valence-corrected chi connectivity index (χ3v) is 3.49. The Morgan fingerprint density at radius 1 is 0.944 bits per heavy atom. The average molecular weight is 349 g/mol. The van der Waals surface area contributed by atoms with Gasteiger partial charge in [0.05, 0.1) is 9.41 Å². The number of nitrogens with zero attached hydrogens (tertiary/aromatic N) is 1. The largest absolute Gasteiger partial charge is 0.246 e. The number of hydrogen-bond donors (Lipinski definition) is 0. The van der Waals surface area contributed by atoms with Crippen LogP contribution in [0.3, 0.4) is 0 Å². The van der Waals surface area contributed by atoms with Crippen LogP contribution in [0.15, 0.2) is 53.5 Å². The molecule has 0 aliphatic carbocycles. The molecule has 0 N–H and O–H groups in total. The summed E-state index contributed by atoms with van der Waals surface area (Å²) in [5.41, 5.74) is 4.88. The smallest absolute Gasteiger partial charge is 0.0834 e. The lowest BCUT2D eigenvalue weighted by Gasteiger charge is -2.06. The van der Waals surface area contributed by atoms with E-state index in [9.17, 15) is 0 Å². The fraction of sp³-hybridized carbons (Fsp3) is 0.188. The highest BCUT2D eigenvalue weighted by molar-refractivity contribution is 14.1. The summed E-state index contributed by atoms with van der Waals surface area (Å²) >= 11 is 2.33. The highest BCUT2D eigenvalue weighted by atomic mass is 127. The second kappa shape index (κ2) is 6.14. The molecule has 0 atom stereocenters. The van der Waals surface area contributed by atoms with E-state index in [0.717, 1.165) is 15.8 Å². The summed E-state index contributed by atoms with van der Waals surface area (Å²) < 4.78 is 1.12. The van der Waals surface area contributed by atoms with E-state index in [1.807, 2.05) is 6.07 Å². The van der Waals surface area contributed by atoms with Gasteiger partial charge in [-0.05, 0) is 53.1 Å². The molecular weight excluding hydrogens is 333 g/mol. The molecule has 1 nitrogen and oxygen atoms in total. The molecule has 0 spiro atoms. The van der Waals surface area contributed by atoms with Gasteiger partial charge < -0.3 is 0 Å². The van der Waals surface area contributed by atoms with Gasteiger partial charge in [-0.2, -0.15) is 0 Å². The standard InChI is InChI=1S/C16H16IN/c1-12-7-6-8-13(2)16(12)18-15(17)11-14-9-4-3-5-10-14/h3-10H,11H2,1-2H3. The Bertz CT molecular complexity index is 538. The van der Waals surface area contributed by atoms with Crippen molar-refractivity contribution in [1.82, 2.24) is 0 Å². The van der Waals surface area contributed by atoms with Gasteiger partial charge in [-0.1, -0.05) is 48.5 Å². The van der Waals surface area contributed by atoms with Crippen molar-refractivity contribution in [3.05, 3.63) is 65.2 Å². The minimum absolute atomic E-state index is 0.898. The van der Waals surface area contributed by atoms with Gasteiger partial charge in [-0.3, -0.25) is 0 Å². The monoisotopic (exact) mass is 349 g/mol. The summed E-state index contributed by atoms with van der Waals surface area (Å²) in [5, 5.41) is 0. The molecule has 0 heterocycles. The fourth-order valence-electron chi connectivity index (χ4n) is 1.91. The number of halogens is 1. The Kier molecular flexibility index (Phi) is 4.53. The first-order valence-corrected chi connectivity index (χ1v) is 7.08. The van der Waals surface area contributed by atoms with Crippen molar-refractivity contribution in [3.63, 3.8) is 0 Å². The fourth-order valence-corrected chi connectivity index (χ4v) is 2.59. The molecule has 0 amide bonds. The lowest BCUT2D eigenvalue weighted by Crippen LogP contribution is -1.94. The zero-order valence-electron chi connectivity index (χ0n) is 10.7. The third-order valence-electron chi connectivity index (χ3n) is 2.87. The Labute approximate surface area is 122 Å². The van der Waals surface area contributed by atoms with Gasteiger partial charge in [0.15, 0.2) is 0 Å². The Morgan fingerprint density at radius 2 is 1.56 bits per heavy atom. The van der Waals surface area contributed by atoms with E-state index in [1.165, 1.54) is 16.7 Å². The van der Waals surface area contributed by atoms with E-state index >= 15 is 0 Å². The molecule has 0 radical (unpaired) electrons. The number of rotatable bonds is 3. The summed E-state index contributed by atoms with van der Waals surface area (Å²) in [6.45, 7) is 4.22. The zero-order chi connectivity index (χ0) is 13.0. The van der Waals surface area contributed by atoms with Gasteiger partial charge in [0, 0.05) is 6.42 Å². The summed E-state index contributed by atoms with van der Waals surface area (Å²) in [6, 6.07) is 16.7. The molecule has 0 unspecified atom stereocenters. The Hall–Kier alpha value is -1.16. The van der Waals surface area contributed by atoms with Crippen molar-refractivity contribution in [2.75, 3.05) is 0 Å². The topological polar surface area (TPSA) is 12.4 Å². The van der Waals surface area contributed by atoms with Gasteiger partial charge in [0.25, 0.3) is 0 Å². The SMILES string of the molecule is Cc1cccc(C)c1N=C(I)Cc1ccccc1. The van der Waals surface area contributed by atoms with Crippen LogP contribution in [0.5, 0.6) is 0 Å². The van der Waals surface area contributed by atoms with Crippen molar-refractivity contribution in [2.45, 2.75) is 20.3 Å². The normalized spacial score (nSPS) is 11.6. The predicted octanol–water partition coefficient (Wildman–Crippen LogP) is 5.01. The first-order chi connectivity index (χ1) is 8.66. The lowest BCUT2D eigenvalue weighted by atomic mass is 10.1. The van der Waals surface area contributed by atoms with Gasteiger partial charge in [-0.15, -0.1) is 0 Å². The van der Waals surface area contributed by atoms with Crippen molar-refractivity contribution in [2.24, 2.45) is 4.99 Å². The van der Waals surface area contributed by atoms with Gasteiger partial charge in [-0.25, -0.2) is 4.99 Å². The van der Waals surface area contributed by atoms with E-state index in [2.05, 4.69) is 78.9 Å². The van der Waals surface area contributed by atoms with Crippen LogP contribution in [0.2, 0.25) is 0 Å². The summed E-state index contributed by atoms with van der Waals surface area (Å²) in [7, 11) is 0. The van der Waals surface area contributed by atoms with Gasteiger partial charge in [0.2, 0.25) is 0 Å². The van der Waals surface area contributed by atoms with Crippen LogP contribution < -0.4 is 0 Å². The minimum atomic E-state index is 0.898. The quantitative estimate of drug-likeness (QED) is 0.546. The Morgan fingerprint density at radius 3 is 2.17 bits per heavy atom. The van der Waals surface area contributed by atoms with Crippen molar-refractivity contribution in [1.29, 1.82) is 0 Å². The van der Waals surface area contributed by atoms with Crippen molar-refractivity contribution < 1.29 is 0 Å². The van der Waals surface area contributed by atoms with Crippen LogP contribution in [-0.4, -0.2) is 3.72 Å². The maximum absolute atomic E-state index is 4.76. The summed E-state index contributed by atoms with van der Waals surface area (Å²) in [5.74, 6) is 0. The van der Waals surface area contributed by atoms with E-state index in [4.69, 9.17) is 4.99 Å². The van der Waals surface area contributed by atoms with E-state index in [-0.39, 0.29) is 0 Å². The second-order valence-corrected chi connectivity index (χ2v) is 5.64. The molecule has 2 rings (SSSR count). The molecule has 92 valence electrons. The second-order valence-electron chi connectivity index (χ2n) is 4.39. The van der Waals surface area contributed by atoms with Gasteiger partial charge in [0.1, 0.15) is 0 Å². The number of benzene rings is 2. The molecule has 0 saturated heterocycles. The molecule has 0 aliphatic rings. The molecule has 0 bridgehead atoms.